The van der Waals surface area contributed by atoms with Gasteiger partial charge in [-0.15, -0.1) is 0 Å². The van der Waals surface area contributed by atoms with Crippen LogP contribution in [-0.2, 0) is 4.79 Å². The number of hydrogen-bond acceptors (Lipinski definition) is 2. The maximum absolute atomic E-state index is 12.5. The highest BCUT2D eigenvalue weighted by atomic mass is 16.4. The number of Topliss-reactive ketones (excluding diaryl/α,β-unsaturated/α-hetero) is 1. The Balaban J connectivity index is 2.27. The molecule has 0 saturated carbocycles. The molecule has 0 spiro atoms. The average molecular weight is 330 g/mol. The SMILES string of the molecule is Cc1ccc(-c2cccc(-c3ccc(C)cc3)c2C(=O)C(=O)O)cc1. The van der Waals surface area contributed by atoms with Crippen molar-refractivity contribution in [3.05, 3.63) is 83.4 Å². The van der Waals surface area contributed by atoms with Crippen LogP contribution >= 0.6 is 0 Å². The van der Waals surface area contributed by atoms with E-state index in [0.29, 0.717) is 11.1 Å². The highest BCUT2D eigenvalue weighted by molar-refractivity contribution is 6.42. The van der Waals surface area contributed by atoms with Crippen LogP contribution < -0.4 is 0 Å². The molecule has 0 atom stereocenters. The smallest absolute Gasteiger partial charge is 0.377 e. The van der Waals surface area contributed by atoms with E-state index >= 15 is 0 Å². The van der Waals surface area contributed by atoms with Crippen LogP contribution in [0, 0.1) is 13.8 Å². The molecule has 0 aliphatic rings. The predicted molar refractivity (Wildman–Crippen MR) is 98.8 cm³/mol. The van der Waals surface area contributed by atoms with Gasteiger partial charge in [-0.2, -0.15) is 0 Å². The quantitative estimate of drug-likeness (QED) is 0.546. The molecule has 0 aromatic heterocycles. The Labute approximate surface area is 146 Å². The van der Waals surface area contributed by atoms with E-state index in [9.17, 15) is 14.7 Å². The number of carbonyl (C=O) groups excluding carboxylic acids is 1. The zero-order valence-electron chi connectivity index (χ0n) is 14.1. The molecule has 0 unspecified atom stereocenters. The Bertz CT molecular complexity index is 872. The molecule has 0 saturated heterocycles. The van der Waals surface area contributed by atoms with Crippen molar-refractivity contribution in [1.82, 2.24) is 0 Å². The zero-order valence-corrected chi connectivity index (χ0v) is 14.1. The van der Waals surface area contributed by atoms with Gasteiger partial charge in [0.25, 0.3) is 5.78 Å². The Morgan fingerprint density at radius 3 is 1.44 bits per heavy atom. The third kappa shape index (κ3) is 3.36. The van der Waals surface area contributed by atoms with E-state index in [1.54, 1.807) is 12.1 Å². The molecule has 25 heavy (non-hydrogen) atoms. The lowest BCUT2D eigenvalue weighted by Crippen LogP contribution is -2.15. The van der Waals surface area contributed by atoms with Gasteiger partial charge in [-0.1, -0.05) is 77.9 Å². The molecule has 0 aliphatic carbocycles. The van der Waals surface area contributed by atoms with Gasteiger partial charge < -0.3 is 5.11 Å². The number of aryl methyl sites for hydroxylation is 2. The molecule has 3 heteroatoms. The topological polar surface area (TPSA) is 54.4 Å². The minimum Gasteiger partial charge on any atom is -0.475 e. The maximum atomic E-state index is 12.5. The largest absolute Gasteiger partial charge is 0.475 e. The molecule has 0 aliphatic heterocycles. The summed E-state index contributed by atoms with van der Waals surface area (Å²) in [5, 5.41) is 9.32. The van der Waals surface area contributed by atoms with Crippen LogP contribution in [0.3, 0.4) is 0 Å². The molecule has 3 rings (SSSR count). The van der Waals surface area contributed by atoms with Gasteiger partial charge in [-0.05, 0) is 36.1 Å². The van der Waals surface area contributed by atoms with Crippen molar-refractivity contribution in [3.8, 4) is 22.3 Å². The third-order valence-corrected chi connectivity index (χ3v) is 4.21. The summed E-state index contributed by atoms with van der Waals surface area (Å²) in [5.41, 5.74) is 5.33. The van der Waals surface area contributed by atoms with Crippen LogP contribution in [0.5, 0.6) is 0 Å². The molecule has 124 valence electrons. The highest BCUT2D eigenvalue weighted by Crippen LogP contribution is 2.33. The first-order valence-electron chi connectivity index (χ1n) is 8.02. The van der Waals surface area contributed by atoms with Crippen molar-refractivity contribution in [1.29, 1.82) is 0 Å². The number of hydrogen-bond donors (Lipinski definition) is 1. The second kappa shape index (κ2) is 6.73. The number of rotatable bonds is 4. The summed E-state index contributed by atoms with van der Waals surface area (Å²) in [4.78, 5) is 23.9. The molecular weight excluding hydrogens is 312 g/mol. The van der Waals surface area contributed by atoms with Crippen LogP contribution in [-0.4, -0.2) is 16.9 Å². The van der Waals surface area contributed by atoms with Gasteiger partial charge in [0.1, 0.15) is 0 Å². The van der Waals surface area contributed by atoms with Crippen molar-refractivity contribution in [2.45, 2.75) is 13.8 Å². The lowest BCUT2D eigenvalue weighted by atomic mass is 9.89. The van der Waals surface area contributed by atoms with Gasteiger partial charge in [0, 0.05) is 5.56 Å². The molecule has 0 fully saturated rings. The molecular formula is C22H18O3. The minimum absolute atomic E-state index is 0.225. The molecule has 3 nitrogen and oxygen atoms in total. The Kier molecular flexibility index (Phi) is 4.48. The van der Waals surface area contributed by atoms with E-state index < -0.39 is 11.8 Å². The van der Waals surface area contributed by atoms with Crippen molar-refractivity contribution in [2.75, 3.05) is 0 Å². The average Bonchev–Trinajstić information content (AvgIpc) is 2.62. The second-order valence-corrected chi connectivity index (χ2v) is 6.09. The highest BCUT2D eigenvalue weighted by Gasteiger charge is 2.23. The summed E-state index contributed by atoms with van der Waals surface area (Å²) >= 11 is 0. The fourth-order valence-electron chi connectivity index (χ4n) is 2.85. The molecule has 3 aromatic rings. The van der Waals surface area contributed by atoms with Gasteiger partial charge in [0.15, 0.2) is 0 Å². The summed E-state index contributed by atoms with van der Waals surface area (Å²) in [7, 11) is 0. The van der Waals surface area contributed by atoms with E-state index in [1.807, 2.05) is 68.4 Å². The first-order valence-corrected chi connectivity index (χ1v) is 8.02. The molecule has 0 heterocycles. The molecule has 3 aromatic carbocycles. The zero-order chi connectivity index (χ0) is 18.0. The fourth-order valence-corrected chi connectivity index (χ4v) is 2.85. The normalized spacial score (nSPS) is 10.5. The first-order chi connectivity index (χ1) is 12.0. The third-order valence-electron chi connectivity index (χ3n) is 4.21. The number of carbonyl (C=O) groups is 2. The first kappa shape index (κ1) is 16.7. The van der Waals surface area contributed by atoms with Gasteiger partial charge >= 0.3 is 5.97 Å². The summed E-state index contributed by atoms with van der Waals surface area (Å²) < 4.78 is 0. The second-order valence-electron chi connectivity index (χ2n) is 6.09. The van der Waals surface area contributed by atoms with Crippen molar-refractivity contribution in [3.63, 3.8) is 0 Å². The monoisotopic (exact) mass is 330 g/mol. The lowest BCUT2D eigenvalue weighted by Gasteiger charge is -2.14. The van der Waals surface area contributed by atoms with E-state index in [1.165, 1.54) is 0 Å². The van der Waals surface area contributed by atoms with Gasteiger partial charge in [-0.3, -0.25) is 4.79 Å². The number of benzene rings is 3. The summed E-state index contributed by atoms with van der Waals surface area (Å²) in [6.07, 6.45) is 0. The van der Waals surface area contributed by atoms with Crippen molar-refractivity contribution in [2.24, 2.45) is 0 Å². The van der Waals surface area contributed by atoms with E-state index in [2.05, 4.69) is 0 Å². The molecule has 0 radical (unpaired) electrons. The van der Waals surface area contributed by atoms with Crippen LogP contribution in [0.15, 0.2) is 66.7 Å². The van der Waals surface area contributed by atoms with Crippen LogP contribution in [0.4, 0.5) is 0 Å². The maximum Gasteiger partial charge on any atom is 0.377 e. The predicted octanol–water partition coefficient (Wildman–Crippen LogP) is 4.90. The van der Waals surface area contributed by atoms with Crippen molar-refractivity contribution >= 4 is 11.8 Å². The van der Waals surface area contributed by atoms with Gasteiger partial charge in [0.2, 0.25) is 0 Å². The van der Waals surface area contributed by atoms with Gasteiger partial charge in [0.05, 0.1) is 0 Å². The van der Waals surface area contributed by atoms with Crippen LogP contribution in [0.2, 0.25) is 0 Å². The van der Waals surface area contributed by atoms with Crippen LogP contribution in [0.1, 0.15) is 21.5 Å². The molecule has 1 N–H and O–H groups in total. The molecule has 0 amide bonds. The fraction of sp³-hybridized carbons (Fsp3) is 0.0909. The standard InChI is InChI=1S/C22H18O3/c1-14-6-10-16(11-7-14)18-4-3-5-19(20(18)21(23)22(24)25)17-12-8-15(2)9-13-17/h3-13H,1-2H3,(H,24,25). The lowest BCUT2D eigenvalue weighted by molar-refractivity contribution is -0.131. The number of ketones is 1. The number of aliphatic carboxylic acids is 1. The Morgan fingerprint density at radius 1 is 0.680 bits per heavy atom. The number of carboxylic acids is 1. The van der Waals surface area contributed by atoms with E-state index in [4.69, 9.17) is 0 Å². The minimum atomic E-state index is -1.45. The van der Waals surface area contributed by atoms with Gasteiger partial charge in [-0.25, -0.2) is 4.79 Å². The number of carboxylic acid groups (broad SMARTS) is 1. The summed E-state index contributed by atoms with van der Waals surface area (Å²) in [6.45, 7) is 3.96. The van der Waals surface area contributed by atoms with E-state index in [0.717, 1.165) is 22.3 Å². The van der Waals surface area contributed by atoms with Crippen LogP contribution in [0.25, 0.3) is 22.3 Å². The Morgan fingerprint density at radius 2 is 1.08 bits per heavy atom. The van der Waals surface area contributed by atoms with E-state index in [-0.39, 0.29) is 5.56 Å². The summed E-state index contributed by atoms with van der Waals surface area (Å²) in [5.74, 6) is -2.35. The Hall–Kier alpha value is -3.20. The summed E-state index contributed by atoms with van der Waals surface area (Å²) in [6, 6.07) is 20.8. The van der Waals surface area contributed by atoms with Crippen molar-refractivity contribution < 1.29 is 14.7 Å². The molecule has 0 bridgehead atoms.